The predicted octanol–water partition coefficient (Wildman–Crippen LogP) is 4.01. The Labute approximate surface area is 160 Å². The van der Waals surface area contributed by atoms with Crippen molar-refractivity contribution in [1.82, 2.24) is 24.9 Å². The van der Waals surface area contributed by atoms with Gasteiger partial charge in [0.05, 0.1) is 13.7 Å². The summed E-state index contributed by atoms with van der Waals surface area (Å²) in [6.07, 6.45) is 1.73. The minimum Gasteiger partial charge on any atom is -0.497 e. The van der Waals surface area contributed by atoms with Crippen molar-refractivity contribution in [1.29, 1.82) is 0 Å². The smallest absolute Gasteiger partial charge is 0.278 e. The fourth-order valence-corrected chi connectivity index (χ4v) is 2.74. The van der Waals surface area contributed by atoms with Crippen LogP contribution in [-0.2, 0) is 6.54 Å². The summed E-state index contributed by atoms with van der Waals surface area (Å²) in [6, 6.07) is 13.1. The molecule has 0 aliphatic rings. The van der Waals surface area contributed by atoms with Crippen molar-refractivity contribution < 1.29 is 9.26 Å². The van der Waals surface area contributed by atoms with E-state index in [1.54, 1.807) is 19.4 Å². The third kappa shape index (κ3) is 3.68. The average Bonchev–Trinajstić information content (AvgIpc) is 3.31. The number of hydrogen-bond donors (Lipinski definition) is 0. The van der Waals surface area contributed by atoms with Gasteiger partial charge in [0.25, 0.3) is 5.89 Å². The standard InChI is InChI=1S/C19H16ClN5O2/c1-12-9-16(23-25(12)11-13-3-8-17(20)21-10-13)19-22-18(24-27-19)14-4-6-15(26-2)7-5-14/h3-10H,11H2,1-2H3. The number of aryl methyl sites for hydroxylation is 1. The zero-order valence-corrected chi connectivity index (χ0v) is 15.5. The molecule has 0 amide bonds. The Hall–Kier alpha value is -3.19. The topological polar surface area (TPSA) is 78.9 Å². The van der Waals surface area contributed by atoms with Crippen LogP contribution in [0.5, 0.6) is 5.75 Å². The Morgan fingerprint density at radius 1 is 1.15 bits per heavy atom. The zero-order valence-electron chi connectivity index (χ0n) is 14.8. The molecule has 0 bridgehead atoms. The SMILES string of the molecule is COc1ccc(-c2noc(-c3cc(C)n(Cc4ccc(Cl)nc4)n3)n2)cc1. The molecule has 0 saturated carbocycles. The van der Waals surface area contributed by atoms with Crippen LogP contribution in [0.15, 0.2) is 53.2 Å². The van der Waals surface area contributed by atoms with Gasteiger partial charge in [-0.2, -0.15) is 10.1 Å². The lowest BCUT2D eigenvalue weighted by atomic mass is 10.2. The van der Waals surface area contributed by atoms with Gasteiger partial charge in [-0.25, -0.2) is 4.98 Å². The van der Waals surface area contributed by atoms with Gasteiger partial charge in [-0.05, 0) is 48.9 Å². The number of benzene rings is 1. The van der Waals surface area contributed by atoms with E-state index in [4.69, 9.17) is 20.9 Å². The van der Waals surface area contributed by atoms with Gasteiger partial charge in [-0.15, -0.1) is 0 Å². The minimum atomic E-state index is 0.372. The molecule has 0 aliphatic heterocycles. The Morgan fingerprint density at radius 3 is 2.67 bits per heavy atom. The number of pyridine rings is 1. The van der Waals surface area contributed by atoms with Gasteiger partial charge in [-0.1, -0.05) is 22.8 Å². The van der Waals surface area contributed by atoms with Gasteiger partial charge in [0.15, 0.2) is 5.69 Å². The second-order valence-corrected chi connectivity index (χ2v) is 6.36. The van der Waals surface area contributed by atoms with Crippen LogP contribution in [0, 0.1) is 6.92 Å². The maximum Gasteiger partial charge on any atom is 0.278 e. The molecule has 0 aliphatic carbocycles. The fourth-order valence-electron chi connectivity index (χ4n) is 2.63. The molecular formula is C19H16ClN5O2. The maximum atomic E-state index is 5.83. The number of aromatic nitrogens is 5. The molecule has 8 heteroatoms. The molecule has 4 aromatic rings. The van der Waals surface area contributed by atoms with Gasteiger partial charge in [0, 0.05) is 17.5 Å². The van der Waals surface area contributed by atoms with E-state index in [0.717, 1.165) is 22.6 Å². The van der Waals surface area contributed by atoms with Crippen molar-refractivity contribution in [2.75, 3.05) is 7.11 Å². The van der Waals surface area contributed by atoms with Gasteiger partial charge in [0.1, 0.15) is 10.9 Å². The lowest BCUT2D eigenvalue weighted by Crippen LogP contribution is -2.04. The molecule has 0 spiro atoms. The summed E-state index contributed by atoms with van der Waals surface area (Å²) >= 11 is 5.83. The van der Waals surface area contributed by atoms with Gasteiger partial charge < -0.3 is 9.26 Å². The zero-order chi connectivity index (χ0) is 18.8. The van der Waals surface area contributed by atoms with Crippen LogP contribution in [0.2, 0.25) is 5.15 Å². The molecule has 3 aromatic heterocycles. The summed E-state index contributed by atoms with van der Waals surface area (Å²) in [6.45, 7) is 2.55. The molecular weight excluding hydrogens is 366 g/mol. The van der Waals surface area contributed by atoms with Crippen LogP contribution in [0.4, 0.5) is 0 Å². The number of halogens is 1. The lowest BCUT2D eigenvalue weighted by Gasteiger charge is -2.03. The quantitative estimate of drug-likeness (QED) is 0.486. The van der Waals surface area contributed by atoms with Crippen LogP contribution in [0.1, 0.15) is 11.3 Å². The molecule has 0 fully saturated rings. The molecule has 7 nitrogen and oxygen atoms in total. The lowest BCUT2D eigenvalue weighted by molar-refractivity contribution is 0.414. The number of rotatable bonds is 5. The van der Waals surface area contributed by atoms with Gasteiger partial charge in [0.2, 0.25) is 5.82 Å². The summed E-state index contributed by atoms with van der Waals surface area (Å²) in [5.74, 6) is 1.65. The number of hydrogen-bond acceptors (Lipinski definition) is 6. The average molecular weight is 382 g/mol. The summed E-state index contributed by atoms with van der Waals surface area (Å²) in [5.41, 5.74) is 3.45. The molecule has 1 aromatic carbocycles. The molecule has 0 atom stereocenters. The second kappa shape index (κ2) is 7.20. The van der Waals surface area contributed by atoms with E-state index in [1.807, 2.05) is 48.0 Å². The third-order valence-electron chi connectivity index (χ3n) is 4.10. The van der Waals surface area contributed by atoms with Crippen molar-refractivity contribution in [2.45, 2.75) is 13.5 Å². The highest BCUT2D eigenvalue weighted by Gasteiger charge is 2.15. The third-order valence-corrected chi connectivity index (χ3v) is 4.32. The summed E-state index contributed by atoms with van der Waals surface area (Å²) < 4.78 is 12.4. The Balaban J connectivity index is 1.57. The summed E-state index contributed by atoms with van der Waals surface area (Å²) in [5, 5.41) is 9.09. The molecule has 0 unspecified atom stereocenters. The molecule has 27 heavy (non-hydrogen) atoms. The van der Waals surface area contributed by atoms with Crippen molar-refractivity contribution in [2.24, 2.45) is 0 Å². The first-order chi connectivity index (χ1) is 13.1. The van der Waals surface area contributed by atoms with Crippen LogP contribution >= 0.6 is 11.6 Å². The van der Waals surface area contributed by atoms with E-state index in [1.165, 1.54) is 0 Å². The van der Waals surface area contributed by atoms with Crippen LogP contribution < -0.4 is 4.74 Å². The Bertz CT molecular complexity index is 1050. The van der Waals surface area contributed by atoms with Crippen molar-refractivity contribution in [3.63, 3.8) is 0 Å². The first kappa shape index (κ1) is 17.2. The molecule has 136 valence electrons. The second-order valence-electron chi connectivity index (χ2n) is 5.97. The van der Waals surface area contributed by atoms with E-state index >= 15 is 0 Å². The normalized spacial score (nSPS) is 10.9. The molecule has 4 rings (SSSR count). The summed E-state index contributed by atoms with van der Waals surface area (Å²) in [4.78, 5) is 8.55. The molecule has 0 N–H and O–H groups in total. The van der Waals surface area contributed by atoms with E-state index < -0.39 is 0 Å². The van der Waals surface area contributed by atoms with Crippen LogP contribution in [0.3, 0.4) is 0 Å². The van der Waals surface area contributed by atoms with Gasteiger partial charge in [-0.3, -0.25) is 4.68 Å². The van der Waals surface area contributed by atoms with E-state index in [2.05, 4.69) is 20.2 Å². The van der Waals surface area contributed by atoms with Crippen LogP contribution in [-0.4, -0.2) is 32.0 Å². The first-order valence-corrected chi connectivity index (χ1v) is 8.63. The molecule has 0 radical (unpaired) electrons. The minimum absolute atomic E-state index is 0.372. The summed E-state index contributed by atoms with van der Waals surface area (Å²) in [7, 11) is 1.63. The molecule has 3 heterocycles. The highest BCUT2D eigenvalue weighted by Crippen LogP contribution is 2.24. The highest BCUT2D eigenvalue weighted by atomic mass is 35.5. The Morgan fingerprint density at radius 2 is 1.96 bits per heavy atom. The van der Waals surface area contributed by atoms with Crippen molar-refractivity contribution in [3.8, 4) is 28.7 Å². The fraction of sp³-hybridized carbons (Fsp3) is 0.158. The van der Waals surface area contributed by atoms with Crippen LogP contribution in [0.25, 0.3) is 23.0 Å². The highest BCUT2D eigenvalue weighted by molar-refractivity contribution is 6.29. The maximum absolute atomic E-state index is 5.83. The number of nitrogens with zero attached hydrogens (tertiary/aromatic N) is 5. The predicted molar refractivity (Wildman–Crippen MR) is 101 cm³/mol. The number of ether oxygens (including phenoxy) is 1. The first-order valence-electron chi connectivity index (χ1n) is 8.26. The van der Waals surface area contributed by atoms with Crippen molar-refractivity contribution >= 4 is 11.6 Å². The van der Waals surface area contributed by atoms with E-state index in [9.17, 15) is 0 Å². The van der Waals surface area contributed by atoms with Crippen molar-refractivity contribution in [3.05, 3.63) is 65.1 Å². The number of methoxy groups -OCH3 is 1. The van der Waals surface area contributed by atoms with E-state index in [-0.39, 0.29) is 0 Å². The Kier molecular flexibility index (Phi) is 4.60. The van der Waals surface area contributed by atoms with E-state index in [0.29, 0.717) is 29.1 Å². The largest absolute Gasteiger partial charge is 0.497 e. The van der Waals surface area contributed by atoms with Gasteiger partial charge >= 0.3 is 0 Å². The molecule has 0 saturated heterocycles. The monoisotopic (exact) mass is 381 g/mol.